The quantitative estimate of drug-likeness (QED) is 0.470. The predicted molar refractivity (Wildman–Crippen MR) is 44.9 cm³/mol. The summed E-state index contributed by atoms with van der Waals surface area (Å²) in [6.45, 7) is 0. The highest BCUT2D eigenvalue weighted by atomic mass is 79.9. The topological polar surface area (TPSA) is 0 Å². The summed E-state index contributed by atoms with van der Waals surface area (Å²) < 4.78 is 0. The highest BCUT2D eigenvalue weighted by molar-refractivity contribution is 9.09. The molecule has 0 unspecified atom stereocenters. The molecular weight excluding hydrogens is 176 g/mol. The van der Waals surface area contributed by atoms with E-state index in [0.717, 1.165) is 11.2 Å². The van der Waals surface area contributed by atoms with E-state index in [2.05, 4.69) is 28.1 Å². The first-order valence-corrected chi connectivity index (χ1v) is 4.76. The van der Waals surface area contributed by atoms with Gasteiger partial charge in [-0.2, -0.15) is 0 Å². The van der Waals surface area contributed by atoms with Crippen LogP contribution in [0.15, 0.2) is 12.2 Å². The molecule has 0 saturated heterocycles. The SMILES string of the molecule is BrCCC=CCC1CC1. The Hall–Kier alpha value is 0.220. The van der Waals surface area contributed by atoms with E-state index in [0.29, 0.717) is 0 Å². The van der Waals surface area contributed by atoms with E-state index < -0.39 is 0 Å². The first kappa shape index (κ1) is 7.33. The fourth-order valence-corrected chi connectivity index (χ4v) is 1.09. The van der Waals surface area contributed by atoms with Crippen LogP contribution in [0, 0.1) is 5.92 Å². The zero-order valence-corrected chi connectivity index (χ0v) is 7.23. The van der Waals surface area contributed by atoms with Crippen LogP contribution < -0.4 is 0 Å². The molecule has 9 heavy (non-hydrogen) atoms. The van der Waals surface area contributed by atoms with Crippen LogP contribution in [0.4, 0.5) is 0 Å². The summed E-state index contributed by atoms with van der Waals surface area (Å²) in [6, 6.07) is 0. The van der Waals surface area contributed by atoms with Crippen molar-refractivity contribution in [2.75, 3.05) is 5.33 Å². The van der Waals surface area contributed by atoms with Gasteiger partial charge in [-0.15, -0.1) is 0 Å². The molecule has 0 spiro atoms. The van der Waals surface area contributed by atoms with Gasteiger partial charge >= 0.3 is 0 Å². The van der Waals surface area contributed by atoms with Gasteiger partial charge < -0.3 is 0 Å². The summed E-state index contributed by atoms with van der Waals surface area (Å²) in [5.41, 5.74) is 0. The van der Waals surface area contributed by atoms with E-state index in [1.165, 1.54) is 25.7 Å². The maximum Gasteiger partial charge on any atom is 0.00659 e. The van der Waals surface area contributed by atoms with Crippen LogP contribution in [0.2, 0.25) is 0 Å². The highest BCUT2D eigenvalue weighted by Crippen LogP contribution is 2.32. The van der Waals surface area contributed by atoms with Crippen molar-refractivity contribution in [1.29, 1.82) is 0 Å². The minimum absolute atomic E-state index is 1.05. The van der Waals surface area contributed by atoms with Gasteiger partial charge in [0.2, 0.25) is 0 Å². The second kappa shape index (κ2) is 4.10. The van der Waals surface area contributed by atoms with Gasteiger partial charge in [-0.05, 0) is 31.6 Å². The van der Waals surface area contributed by atoms with E-state index in [-0.39, 0.29) is 0 Å². The third-order valence-electron chi connectivity index (χ3n) is 1.61. The van der Waals surface area contributed by atoms with Gasteiger partial charge in [0, 0.05) is 5.33 Å². The lowest BCUT2D eigenvalue weighted by Crippen LogP contribution is -1.69. The number of hydrogen-bond acceptors (Lipinski definition) is 0. The first-order valence-electron chi connectivity index (χ1n) is 3.64. The normalized spacial score (nSPS) is 19.2. The van der Waals surface area contributed by atoms with Crippen molar-refractivity contribution in [2.24, 2.45) is 5.92 Å². The lowest BCUT2D eigenvalue weighted by molar-refractivity contribution is 0.859. The Kier molecular flexibility index (Phi) is 3.34. The predicted octanol–water partition coefficient (Wildman–Crippen LogP) is 3.13. The molecule has 0 N–H and O–H groups in total. The second-order valence-electron chi connectivity index (χ2n) is 2.63. The van der Waals surface area contributed by atoms with Crippen molar-refractivity contribution in [3.63, 3.8) is 0 Å². The van der Waals surface area contributed by atoms with Crippen LogP contribution in [0.1, 0.15) is 25.7 Å². The number of hydrogen-bond donors (Lipinski definition) is 0. The number of rotatable bonds is 4. The van der Waals surface area contributed by atoms with Crippen molar-refractivity contribution in [3.8, 4) is 0 Å². The summed E-state index contributed by atoms with van der Waals surface area (Å²) in [6.07, 6.45) is 10.0. The van der Waals surface area contributed by atoms with E-state index in [9.17, 15) is 0 Å². The molecule has 1 heteroatoms. The first-order chi connectivity index (χ1) is 4.43. The minimum Gasteiger partial charge on any atom is -0.0925 e. The Morgan fingerprint density at radius 3 is 2.67 bits per heavy atom. The van der Waals surface area contributed by atoms with Gasteiger partial charge in [0.15, 0.2) is 0 Å². The van der Waals surface area contributed by atoms with Gasteiger partial charge in [0.25, 0.3) is 0 Å². The summed E-state index contributed by atoms with van der Waals surface area (Å²) in [4.78, 5) is 0. The minimum atomic E-state index is 1.05. The molecule has 52 valence electrons. The second-order valence-corrected chi connectivity index (χ2v) is 3.42. The van der Waals surface area contributed by atoms with Crippen LogP contribution in [0.25, 0.3) is 0 Å². The van der Waals surface area contributed by atoms with Crippen molar-refractivity contribution >= 4 is 15.9 Å². The molecule has 1 rings (SSSR count). The van der Waals surface area contributed by atoms with Crippen molar-refractivity contribution in [2.45, 2.75) is 25.7 Å². The molecule has 0 aromatic carbocycles. The number of halogens is 1. The Bertz CT molecular complexity index is 92.7. The molecule has 0 bridgehead atoms. The van der Waals surface area contributed by atoms with Crippen LogP contribution >= 0.6 is 15.9 Å². The molecule has 0 atom stereocenters. The van der Waals surface area contributed by atoms with Gasteiger partial charge in [0.05, 0.1) is 0 Å². The zero-order valence-electron chi connectivity index (χ0n) is 5.65. The van der Waals surface area contributed by atoms with E-state index in [1.54, 1.807) is 0 Å². The average Bonchev–Trinajstić information content (AvgIpc) is 2.63. The molecule has 0 nitrogen and oxygen atoms in total. The van der Waals surface area contributed by atoms with Crippen LogP contribution in [0.3, 0.4) is 0 Å². The molecule has 1 fully saturated rings. The number of allylic oxidation sites excluding steroid dienone is 2. The standard InChI is InChI=1S/C8H13Br/c9-7-3-1-2-4-8-5-6-8/h1-2,8H,3-7H2. The lowest BCUT2D eigenvalue weighted by Gasteiger charge is -1.84. The van der Waals surface area contributed by atoms with Crippen LogP contribution in [-0.2, 0) is 0 Å². The smallest absolute Gasteiger partial charge is 0.00659 e. The Morgan fingerprint density at radius 2 is 2.11 bits per heavy atom. The van der Waals surface area contributed by atoms with Gasteiger partial charge in [-0.1, -0.05) is 28.1 Å². The third-order valence-corrected chi connectivity index (χ3v) is 2.07. The third kappa shape index (κ3) is 3.74. The molecule has 1 aliphatic carbocycles. The Balaban J connectivity index is 1.88. The molecular formula is C8H13Br. The van der Waals surface area contributed by atoms with Crippen molar-refractivity contribution in [3.05, 3.63) is 12.2 Å². The van der Waals surface area contributed by atoms with E-state index >= 15 is 0 Å². The molecule has 0 aliphatic heterocycles. The molecule has 0 aromatic rings. The Morgan fingerprint density at radius 1 is 1.33 bits per heavy atom. The highest BCUT2D eigenvalue weighted by Gasteiger charge is 2.18. The van der Waals surface area contributed by atoms with Crippen LogP contribution in [0.5, 0.6) is 0 Å². The summed E-state index contributed by atoms with van der Waals surface area (Å²) in [5, 5.41) is 1.11. The average molecular weight is 189 g/mol. The molecule has 0 aromatic heterocycles. The van der Waals surface area contributed by atoms with Gasteiger partial charge in [-0.25, -0.2) is 0 Å². The maximum absolute atomic E-state index is 3.38. The largest absolute Gasteiger partial charge is 0.0925 e. The van der Waals surface area contributed by atoms with E-state index in [4.69, 9.17) is 0 Å². The van der Waals surface area contributed by atoms with Crippen molar-refractivity contribution in [1.82, 2.24) is 0 Å². The molecule has 1 saturated carbocycles. The van der Waals surface area contributed by atoms with Crippen molar-refractivity contribution < 1.29 is 0 Å². The van der Waals surface area contributed by atoms with Crippen LogP contribution in [-0.4, -0.2) is 5.33 Å². The summed E-state index contributed by atoms with van der Waals surface area (Å²) >= 11 is 3.38. The van der Waals surface area contributed by atoms with Gasteiger partial charge in [0.1, 0.15) is 0 Å². The Labute approximate surface area is 65.5 Å². The maximum atomic E-state index is 3.38. The lowest BCUT2D eigenvalue weighted by atomic mass is 10.2. The molecule has 0 heterocycles. The van der Waals surface area contributed by atoms with Gasteiger partial charge in [-0.3, -0.25) is 0 Å². The zero-order chi connectivity index (χ0) is 6.53. The molecule has 0 amide bonds. The number of alkyl halides is 1. The fraction of sp³-hybridized carbons (Fsp3) is 0.750. The summed E-state index contributed by atoms with van der Waals surface area (Å²) in [7, 11) is 0. The monoisotopic (exact) mass is 188 g/mol. The summed E-state index contributed by atoms with van der Waals surface area (Å²) in [5.74, 6) is 1.05. The van der Waals surface area contributed by atoms with E-state index in [1.807, 2.05) is 0 Å². The molecule has 1 aliphatic rings. The molecule has 0 radical (unpaired) electrons. The fourth-order valence-electron chi connectivity index (χ4n) is 0.823.